The van der Waals surface area contributed by atoms with Crippen LogP contribution in [0.3, 0.4) is 0 Å². The highest BCUT2D eigenvalue weighted by atomic mass is 16.5. The Balaban J connectivity index is 1.38. The van der Waals surface area contributed by atoms with Gasteiger partial charge in [0.1, 0.15) is 5.75 Å². The van der Waals surface area contributed by atoms with Gasteiger partial charge in [0.25, 0.3) is 0 Å². The maximum Gasteiger partial charge on any atom is 0.191 e. The molecule has 0 atom stereocenters. The first-order chi connectivity index (χ1) is 13.6. The van der Waals surface area contributed by atoms with Crippen molar-refractivity contribution in [3.8, 4) is 5.75 Å². The van der Waals surface area contributed by atoms with Gasteiger partial charge in [0, 0.05) is 19.7 Å². The van der Waals surface area contributed by atoms with Crippen LogP contribution in [0.25, 0.3) is 0 Å². The lowest BCUT2D eigenvalue weighted by molar-refractivity contribution is 0.210. The van der Waals surface area contributed by atoms with Crippen LogP contribution in [0.5, 0.6) is 5.75 Å². The molecule has 0 saturated heterocycles. The molecule has 2 aromatic rings. The molecule has 0 unspecified atom stereocenters. The normalized spacial score (nSPS) is 15.2. The molecule has 6 heteroatoms. The second-order valence-electron chi connectivity index (χ2n) is 7.64. The van der Waals surface area contributed by atoms with Crippen LogP contribution in [-0.2, 0) is 13.0 Å². The van der Waals surface area contributed by atoms with E-state index < -0.39 is 0 Å². The van der Waals surface area contributed by atoms with Gasteiger partial charge in [0.2, 0.25) is 0 Å². The van der Waals surface area contributed by atoms with E-state index in [2.05, 4.69) is 58.9 Å². The van der Waals surface area contributed by atoms with Crippen molar-refractivity contribution in [2.24, 2.45) is 4.99 Å². The predicted molar refractivity (Wildman–Crippen MR) is 112 cm³/mol. The first kappa shape index (κ1) is 20.2. The van der Waals surface area contributed by atoms with E-state index in [-0.39, 0.29) is 0 Å². The molecule has 3 rings (SSSR count). The Kier molecular flexibility index (Phi) is 7.34. The van der Waals surface area contributed by atoms with Gasteiger partial charge >= 0.3 is 0 Å². The van der Waals surface area contributed by atoms with Crippen molar-refractivity contribution in [1.29, 1.82) is 0 Å². The summed E-state index contributed by atoms with van der Waals surface area (Å²) in [6.07, 6.45) is 6.28. The number of aliphatic imine (C=N–C) groups is 1. The zero-order chi connectivity index (χ0) is 19.8. The van der Waals surface area contributed by atoms with Crippen LogP contribution >= 0.6 is 0 Å². The Morgan fingerprint density at radius 2 is 1.96 bits per heavy atom. The van der Waals surface area contributed by atoms with E-state index in [1.165, 1.54) is 31.2 Å². The van der Waals surface area contributed by atoms with Gasteiger partial charge in [-0.3, -0.25) is 4.99 Å². The van der Waals surface area contributed by atoms with Gasteiger partial charge in [0.15, 0.2) is 11.7 Å². The largest absolute Gasteiger partial charge is 0.490 e. The number of rotatable bonds is 8. The molecule has 1 saturated carbocycles. The third-order valence-electron chi connectivity index (χ3n) is 5.06. The SMILES string of the molecule is CN=C(NCCc1ccc(OC2CCCC2)cc1)NCc1cc(C(C)C)no1. The minimum atomic E-state index is 0.366. The van der Waals surface area contributed by atoms with E-state index >= 15 is 0 Å². The Morgan fingerprint density at radius 1 is 1.21 bits per heavy atom. The molecule has 1 aromatic carbocycles. The van der Waals surface area contributed by atoms with Crippen molar-refractivity contribution in [1.82, 2.24) is 15.8 Å². The smallest absolute Gasteiger partial charge is 0.191 e. The number of aromatic nitrogens is 1. The van der Waals surface area contributed by atoms with Gasteiger partial charge in [-0.25, -0.2) is 0 Å². The third-order valence-corrected chi connectivity index (χ3v) is 5.06. The van der Waals surface area contributed by atoms with Crippen LogP contribution in [0.1, 0.15) is 62.5 Å². The average Bonchev–Trinajstić information content (AvgIpc) is 3.38. The summed E-state index contributed by atoms with van der Waals surface area (Å²) in [6, 6.07) is 10.4. The van der Waals surface area contributed by atoms with E-state index in [0.29, 0.717) is 18.6 Å². The molecule has 0 radical (unpaired) electrons. The zero-order valence-corrected chi connectivity index (χ0v) is 17.2. The van der Waals surface area contributed by atoms with Crippen molar-refractivity contribution in [2.75, 3.05) is 13.6 Å². The molecule has 1 aromatic heterocycles. The summed E-state index contributed by atoms with van der Waals surface area (Å²) in [5.41, 5.74) is 2.25. The molecule has 1 aliphatic rings. The van der Waals surface area contributed by atoms with E-state index in [1.807, 2.05) is 6.07 Å². The minimum absolute atomic E-state index is 0.366. The Labute approximate surface area is 167 Å². The first-order valence-corrected chi connectivity index (χ1v) is 10.3. The van der Waals surface area contributed by atoms with E-state index in [0.717, 1.165) is 36.1 Å². The highest BCUT2D eigenvalue weighted by Crippen LogP contribution is 2.24. The molecule has 0 aliphatic heterocycles. The monoisotopic (exact) mass is 384 g/mol. The summed E-state index contributed by atoms with van der Waals surface area (Å²) < 4.78 is 11.4. The Morgan fingerprint density at radius 3 is 2.61 bits per heavy atom. The van der Waals surface area contributed by atoms with Crippen molar-refractivity contribution < 1.29 is 9.26 Å². The molecule has 152 valence electrons. The Hall–Kier alpha value is -2.50. The summed E-state index contributed by atoms with van der Waals surface area (Å²) in [5, 5.41) is 10.7. The van der Waals surface area contributed by atoms with Crippen LogP contribution in [0.15, 0.2) is 39.8 Å². The molecule has 2 N–H and O–H groups in total. The summed E-state index contributed by atoms with van der Waals surface area (Å²) >= 11 is 0. The second-order valence-corrected chi connectivity index (χ2v) is 7.64. The summed E-state index contributed by atoms with van der Waals surface area (Å²) in [4.78, 5) is 4.26. The molecule has 0 bridgehead atoms. The number of hydrogen-bond acceptors (Lipinski definition) is 4. The minimum Gasteiger partial charge on any atom is -0.490 e. The third kappa shape index (κ3) is 6.01. The summed E-state index contributed by atoms with van der Waals surface area (Å²) in [5.74, 6) is 2.91. The van der Waals surface area contributed by atoms with Crippen molar-refractivity contribution in [2.45, 2.75) is 64.5 Å². The number of benzene rings is 1. The van der Waals surface area contributed by atoms with Gasteiger partial charge < -0.3 is 19.9 Å². The highest BCUT2D eigenvalue weighted by Gasteiger charge is 2.16. The maximum absolute atomic E-state index is 6.02. The standard InChI is InChI=1S/C22H32N4O2/c1-16(2)21-14-20(28-26-21)15-25-22(23-3)24-13-12-17-8-10-19(11-9-17)27-18-6-4-5-7-18/h8-11,14,16,18H,4-7,12-13,15H2,1-3H3,(H2,23,24,25). The van der Waals surface area contributed by atoms with Gasteiger partial charge in [-0.15, -0.1) is 0 Å². The summed E-state index contributed by atoms with van der Waals surface area (Å²) in [6.45, 7) is 5.56. The lowest BCUT2D eigenvalue weighted by Crippen LogP contribution is -2.37. The maximum atomic E-state index is 6.02. The highest BCUT2D eigenvalue weighted by molar-refractivity contribution is 5.79. The molecule has 1 aliphatic carbocycles. The average molecular weight is 385 g/mol. The van der Waals surface area contributed by atoms with Crippen LogP contribution in [0.4, 0.5) is 0 Å². The van der Waals surface area contributed by atoms with Gasteiger partial charge in [-0.1, -0.05) is 31.1 Å². The van der Waals surface area contributed by atoms with Crippen LogP contribution < -0.4 is 15.4 Å². The molecule has 0 amide bonds. The van der Waals surface area contributed by atoms with Crippen LogP contribution in [-0.4, -0.2) is 30.8 Å². The summed E-state index contributed by atoms with van der Waals surface area (Å²) in [7, 11) is 1.77. The van der Waals surface area contributed by atoms with Crippen molar-refractivity contribution in [3.05, 3.63) is 47.3 Å². The second kappa shape index (κ2) is 10.2. The van der Waals surface area contributed by atoms with Gasteiger partial charge in [-0.2, -0.15) is 0 Å². The molecule has 1 heterocycles. The van der Waals surface area contributed by atoms with Crippen LogP contribution in [0, 0.1) is 0 Å². The zero-order valence-electron chi connectivity index (χ0n) is 17.2. The van der Waals surface area contributed by atoms with E-state index in [4.69, 9.17) is 9.26 Å². The van der Waals surface area contributed by atoms with Gasteiger partial charge in [-0.05, 0) is 55.7 Å². The lowest BCUT2D eigenvalue weighted by Gasteiger charge is -2.14. The Bertz CT molecular complexity index is 746. The van der Waals surface area contributed by atoms with Gasteiger partial charge in [0.05, 0.1) is 18.3 Å². The first-order valence-electron chi connectivity index (χ1n) is 10.3. The number of ether oxygens (including phenoxy) is 1. The molecule has 0 spiro atoms. The topological polar surface area (TPSA) is 71.7 Å². The number of nitrogens with one attached hydrogen (secondary N) is 2. The molecular formula is C22H32N4O2. The number of hydrogen-bond donors (Lipinski definition) is 2. The molecule has 1 fully saturated rings. The number of guanidine groups is 1. The van der Waals surface area contributed by atoms with Crippen molar-refractivity contribution >= 4 is 5.96 Å². The fourth-order valence-corrected chi connectivity index (χ4v) is 3.33. The molecule has 28 heavy (non-hydrogen) atoms. The van der Waals surface area contributed by atoms with Crippen LogP contribution in [0.2, 0.25) is 0 Å². The predicted octanol–water partition coefficient (Wildman–Crippen LogP) is 4.03. The van der Waals surface area contributed by atoms with Crippen molar-refractivity contribution in [3.63, 3.8) is 0 Å². The number of nitrogens with zero attached hydrogens (tertiary/aromatic N) is 2. The van der Waals surface area contributed by atoms with E-state index in [9.17, 15) is 0 Å². The fourth-order valence-electron chi connectivity index (χ4n) is 3.33. The molecule has 6 nitrogen and oxygen atoms in total. The fraction of sp³-hybridized carbons (Fsp3) is 0.545. The van der Waals surface area contributed by atoms with E-state index in [1.54, 1.807) is 7.05 Å². The lowest BCUT2D eigenvalue weighted by atomic mass is 10.1. The quantitative estimate of drug-likeness (QED) is 0.531. The molecular weight excluding hydrogens is 352 g/mol.